The van der Waals surface area contributed by atoms with Crippen molar-refractivity contribution in [2.24, 2.45) is 0 Å². The largest absolute Gasteiger partial charge is 0.454 e. The van der Waals surface area contributed by atoms with Gasteiger partial charge in [0.1, 0.15) is 5.54 Å². The van der Waals surface area contributed by atoms with E-state index >= 15 is 0 Å². The highest BCUT2D eigenvalue weighted by Crippen LogP contribution is 2.33. The van der Waals surface area contributed by atoms with Crippen LogP contribution in [0.4, 0.5) is 10.5 Å². The number of fused-ring (bicyclic) bond motifs is 1. The molecule has 1 aliphatic heterocycles. The average Bonchev–Trinajstić information content (AvgIpc) is 3.22. The van der Waals surface area contributed by atoms with E-state index in [2.05, 4.69) is 16.0 Å². The van der Waals surface area contributed by atoms with E-state index in [9.17, 15) is 9.59 Å². The van der Waals surface area contributed by atoms with Crippen molar-refractivity contribution in [2.75, 3.05) is 12.1 Å². The van der Waals surface area contributed by atoms with Gasteiger partial charge in [0, 0.05) is 6.54 Å². The zero-order valence-corrected chi connectivity index (χ0v) is 17.3. The summed E-state index contributed by atoms with van der Waals surface area (Å²) in [5.41, 5.74) is 0.461. The topological polar surface area (TPSA) is 88.7 Å². The SMILES string of the molecule is O=C(Nc1ccccc1Cl)NC1(C(=O)NCc2ccc3c(c2)OCO3)CCCCC1. The van der Waals surface area contributed by atoms with Gasteiger partial charge in [0.2, 0.25) is 12.7 Å². The number of nitrogens with one attached hydrogen (secondary N) is 3. The lowest BCUT2D eigenvalue weighted by Gasteiger charge is -2.36. The monoisotopic (exact) mass is 429 g/mol. The molecule has 7 nitrogen and oxygen atoms in total. The lowest BCUT2D eigenvalue weighted by atomic mass is 9.81. The lowest BCUT2D eigenvalue weighted by molar-refractivity contribution is -0.128. The van der Waals surface area contributed by atoms with Gasteiger partial charge in [-0.15, -0.1) is 0 Å². The van der Waals surface area contributed by atoms with Crippen molar-refractivity contribution in [2.45, 2.75) is 44.2 Å². The van der Waals surface area contributed by atoms with E-state index in [4.69, 9.17) is 21.1 Å². The minimum atomic E-state index is -0.945. The van der Waals surface area contributed by atoms with E-state index in [1.165, 1.54) is 0 Å². The Morgan fingerprint density at radius 3 is 2.57 bits per heavy atom. The summed E-state index contributed by atoms with van der Waals surface area (Å²) in [6, 6.07) is 12.1. The number of rotatable bonds is 5. The Morgan fingerprint density at radius 1 is 1.00 bits per heavy atom. The summed E-state index contributed by atoms with van der Waals surface area (Å²) in [6.07, 6.45) is 3.99. The van der Waals surface area contributed by atoms with Crippen LogP contribution in [0, 0.1) is 0 Å². The smallest absolute Gasteiger partial charge is 0.320 e. The van der Waals surface area contributed by atoms with Gasteiger partial charge in [-0.2, -0.15) is 0 Å². The predicted molar refractivity (Wildman–Crippen MR) is 114 cm³/mol. The number of urea groups is 1. The zero-order valence-electron chi connectivity index (χ0n) is 16.5. The summed E-state index contributed by atoms with van der Waals surface area (Å²) >= 11 is 6.13. The van der Waals surface area contributed by atoms with Crippen molar-refractivity contribution in [3.8, 4) is 11.5 Å². The summed E-state index contributed by atoms with van der Waals surface area (Å²) in [4.78, 5) is 25.8. The van der Waals surface area contributed by atoms with Crippen molar-refractivity contribution >= 4 is 29.2 Å². The molecule has 3 amide bonds. The van der Waals surface area contributed by atoms with Crippen LogP contribution in [0.2, 0.25) is 5.02 Å². The fourth-order valence-corrected chi connectivity index (χ4v) is 4.08. The molecule has 0 radical (unpaired) electrons. The number of hydrogen-bond acceptors (Lipinski definition) is 4. The zero-order chi connectivity index (χ0) is 21.0. The molecule has 1 saturated carbocycles. The highest BCUT2D eigenvalue weighted by Gasteiger charge is 2.40. The Kier molecular flexibility index (Phi) is 5.99. The Balaban J connectivity index is 1.42. The summed E-state index contributed by atoms with van der Waals surface area (Å²) in [6.45, 7) is 0.545. The fourth-order valence-electron chi connectivity index (χ4n) is 3.90. The molecule has 2 aromatic rings. The van der Waals surface area contributed by atoms with E-state index in [0.29, 0.717) is 41.6 Å². The second-order valence-corrected chi connectivity index (χ2v) is 7.98. The van der Waals surface area contributed by atoms with Crippen LogP contribution in [-0.4, -0.2) is 24.3 Å². The van der Waals surface area contributed by atoms with E-state index < -0.39 is 11.6 Å². The number of carbonyl (C=O) groups is 2. The van der Waals surface area contributed by atoms with Crippen molar-refractivity contribution in [1.29, 1.82) is 0 Å². The van der Waals surface area contributed by atoms with Crippen LogP contribution in [0.15, 0.2) is 42.5 Å². The van der Waals surface area contributed by atoms with Crippen molar-refractivity contribution in [3.05, 3.63) is 53.1 Å². The average molecular weight is 430 g/mol. The first-order valence-electron chi connectivity index (χ1n) is 10.1. The van der Waals surface area contributed by atoms with Crippen LogP contribution in [0.5, 0.6) is 11.5 Å². The van der Waals surface area contributed by atoms with Gasteiger partial charge in [-0.3, -0.25) is 4.79 Å². The first-order valence-corrected chi connectivity index (χ1v) is 10.4. The van der Waals surface area contributed by atoms with E-state index in [-0.39, 0.29) is 12.7 Å². The third-order valence-electron chi connectivity index (χ3n) is 5.51. The van der Waals surface area contributed by atoms with Crippen molar-refractivity contribution in [3.63, 3.8) is 0 Å². The molecule has 2 aliphatic rings. The summed E-state index contributed by atoms with van der Waals surface area (Å²) < 4.78 is 10.7. The molecule has 158 valence electrons. The molecule has 0 saturated heterocycles. The predicted octanol–water partition coefficient (Wildman–Crippen LogP) is 4.21. The number of halogens is 1. The fraction of sp³-hybridized carbons (Fsp3) is 0.364. The Hall–Kier alpha value is -2.93. The van der Waals surface area contributed by atoms with Crippen LogP contribution in [0.1, 0.15) is 37.7 Å². The summed E-state index contributed by atoms with van der Waals surface area (Å²) in [5, 5.41) is 9.09. The highest BCUT2D eigenvalue weighted by molar-refractivity contribution is 6.33. The molecule has 0 atom stereocenters. The first-order chi connectivity index (χ1) is 14.6. The third kappa shape index (κ3) is 4.46. The van der Waals surface area contributed by atoms with Crippen LogP contribution >= 0.6 is 11.6 Å². The molecule has 1 heterocycles. The molecule has 30 heavy (non-hydrogen) atoms. The second-order valence-electron chi connectivity index (χ2n) is 7.57. The molecule has 8 heteroatoms. The van der Waals surface area contributed by atoms with Gasteiger partial charge in [-0.05, 0) is 42.7 Å². The Bertz CT molecular complexity index is 944. The van der Waals surface area contributed by atoms with Gasteiger partial charge in [-0.1, -0.05) is 49.1 Å². The molecule has 4 rings (SSSR count). The summed E-state index contributed by atoms with van der Waals surface area (Å²) in [5.74, 6) is 1.19. The van der Waals surface area contributed by atoms with Gasteiger partial charge >= 0.3 is 6.03 Å². The van der Waals surface area contributed by atoms with Crippen molar-refractivity contribution in [1.82, 2.24) is 10.6 Å². The summed E-state index contributed by atoms with van der Waals surface area (Å²) in [7, 11) is 0. The molecule has 2 aromatic carbocycles. The second kappa shape index (κ2) is 8.83. The van der Waals surface area contributed by atoms with E-state index in [1.807, 2.05) is 18.2 Å². The molecule has 0 aromatic heterocycles. The molecule has 0 unspecified atom stereocenters. The minimum Gasteiger partial charge on any atom is -0.454 e. The maximum atomic E-state index is 13.1. The number of amides is 3. The van der Waals surface area contributed by atoms with Gasteiger partial charge in [0.05, 0.1) is 10.7 Å². The first kappa shape index (κ1) is 20.3. The third-order valence-corrected chi connectivity index (χ3v) is 5.84. The number of hydrogen-bond donors (Lipinski definition) is 3. The number of para-hydroxylation sites is 1. The van der Waals surface area contributed by atoms with Crippen LogP contribution in [-0.2, 0) is 11.3 Å². The molecule has 3 N–H and O–H groups in total. The number of anilines is 1. The number of carbonyl (C=O) groups excluding carboxylic acids is 2. The minimum absolute atomic E-state index is 0.186. The maximum absolute atomic E-state index is 13.1. The molecule has 0 bridgehead atoms. The standard InChI is InChI=1S/C22H24ClN3O4/c23-16-6-2-3-7-17(16)25-21(28)26-22(10-4-1-5-11-22)20(27)24-13-15-8-9-18-19(12-15)30-14-29-18/h2-3,6-9,12H,1,4-5,10-11,13-14H2,(H,24,27)(H2,25,26,28). The molecular weight excluding hydrogens is 406 g/mol. The van der Waals surface area contributed by atoms with Crippen LogP contribution in [0.25, 0.3) is 0 Å². The van der Waals surface area contributed by atoms with Gasteiger partial charge < -0.3 is 25.4 Å². The number of benzene rings is 2. The Morgan fingerprint density at radius 2 is 1.77 bits per heavy atom. The van der Waals surface area contributed by atoms with Gasteiger partial charge in [-0.25, -0.2) is 4.79 Å². The van der Waals surface area contributed by atoms with Crippen LogP contribution in [0.3, 0.4) is 0 Å². The highest BCUT2D eigenvalue weighted by atomic mass is 35.5. The molecule has 0 spiro atoms. The number of ether oxygens (including phenoxy) is 2. The lowest BCUT2D eigenvalue weighted by Crippen LogP contribution is -2.60. The van der Waals surface area contributed by atoms with Gasteiger partial charge in [0.15, 0.2) is 11.5 Å². The molecule has 1 aliphatic carbocycles. The van der Waals surface area contributed by atoms with Crippen LogP contribution < -0.4 is 25.4 Å². The molecule has 1 fully saturated rings. The molecular formula is C22H24ClN3O4. The van der Waals surface area contributed by atoms with E-state index in [0.717, 1.165) is 24.8 Å². The van der Waals surface area contributed by atoms with Crippen molar-refractivity contribution < 1.29 is 19.1 Å². The Labute approximate surface area is 180 Å². The van der Waals surface area contributed by atoms with E-state index in [1.54, 1.807) is 24.3 Å². The quantitative estimate of drug-likeness (QED) is 0.664. The maximum Gasteiger partial charge on any atom is 0.320 e. The van der Waals surface area contributed by atoms with Gasteiger partial charge in [0.25, 0.3) is 0 Å². The normalized spacial score (nSPS) is 16.6.